The van der Waals surface area contributed by atoms with Gasteiger partial charge in [-0.05, 0) is 112 Å². The summed E-state index contributed by atoms with van der Waals surface area (Å²) in [6.07, 6.45) is 8.77. The van der Waals surface area contributed by atoms with Gasteiger partial charge in [0.1, 0.15) is 11.6 Å². The number of halogens is 5. The molecule has 0 saturated heterocycles. The molecule has 0 bridgehead atoms. The van der Waals surface area contributed by atoms with Crippen LogP contribution in [0.4, 0.5) is 8.78 Å². The van der Waals surface area contributed by atoms with Crippen molar-refractivity contribution in [2.75, 3.05) is 6.61 Å². The number of aryl methyl sites for hydroxylation is 4. The lowest BCUT2D eigenvalue weighted by atomic mass is 10.1. The molecule has 2 aromatic carbocycles. The minimum atomic E-state index is -0.452. The predicted octanol–water partition coefficient (Wildman–Crippen LogP) is 10.3. The number of unbranched alkanes of at least 4 members (excludes halogenated alkanes) is 1. The molecule has 6 aromatic rings. The third-order valence-electron chi connectivity index (χ3n) is 8.21. The van der Waals surface area contributed by atoms with E-state index in [4.69, 9.17) is 27.9 Å². The molecule has 4 aromatic heterocycles. The number of aromatic nitrogens is 8. The van der Waals surface area contributed by atoms with E-state index >= 15 is 0 Å². The Labute approximate surface area is 344 Å². The van der Waals surface area contributed by atoms with E-state index in [0.29, 0.717) is 34.4 Å². The van der Waals surface area contributed by atoms with Gasteiger partial charge in [-0.1, -0.05) is 43.1 Å². The quantitative estimate of drug-likeness (QED) is 0.0496. The Kier molecular flexibility index (Phi) is 16.2. The van der Waals surface area contributed by atoms with Crippen LogP contribution in [-0.4, -0.2) is 51.5 Å². The maximum Gasteiger partial charge on any atom is 0.162 e. The summed E-state index contributed by atoms with van der Waals surface area (Å²) in [7, 11) is 0. The Balaban J connectivity index is 0.000000210. The van der Waals surface area contributed by atoms with Gasteiger partial charge in [0.15, 0.2) is 16.1 Å². The van der Waals surface area contributed by atoms with Crippen LogP contribution in [0.1, 0.15) is 84.8 Å². The number of carbonyl (C=O) groups is 1. The van der Waals surface area contributed by atoms with Gasteiger partial charge >= 0.3 is 0 Å². The molecule has 0 amide bonds. The third-order valence-corrected chi connectivity index (χ3v) is 9.71. The Morgan fingerprint density at radius 3 is 1.73 bits per heavy atom. The van der Waals surface area contributed by atoms with Crippen LogP contribution in [0.3, 0.4) is 0 Å². The Morgan fingerprint density at radius 1 is 0.800 bits per heavy atom. The summed E-state index contributed by atoms with van der Waals surface area (Å²) in [5.41, 5.74) is 7.06. The van der Waals surface area contributed by atoms with Gasteiger partial charge in [-0.25, -0.2) is 18.1 Å². The predicted molar refractivity (Wildman–Crippen MR) is 222 cm³/mol. The number of Topliss-reactive ketones (excluding diaryl/α,β-unsaturated/α-hetero) is 1. The van der Waals surface area contributed by atoms with Gasteiger partial charge in [0.05, 0.1) is 35.6 Å². The first-order valence-electron chi connectivity index (χ1n) is 17.8. The number of ketones is 1. The molecule has 0 aliphatic carbocycles. The second-order valence-corrected chi connectivity index (χ2v) is 14.4. The molecule has 0 spiro atoms. The lowest BCUT2D eigenvalue weighted by Crippen LogP contribution is -2.09. The summed E-state index contributed by atoms with van der Waals surface area (Å²) < 4.78 is 39.6. The van der Waals surface area contributed by atoms with Gasteiger partial charge in [-0.2, -0.15) is 20.4 Å². The molecule has 292 valence electrons. The van der Waals surface area contributed by atoms with Crippen molar-refractivity contribution in [2.24, 2.45) is 0 Å². The van der Waals surface area contributed by atoms with Crippen LogP contribution in [0, 0.1) is 29.1 Å². The molecule has 55 heavy (non-hydrogen) atoms. The number of hydrogen-bond acceptors (Lipinski definition) is 6. The van der Waals surface area contributed by atoms with E-state index in [0.717, 1.165) is 69.3 Å². The van der Waals surface area contributed by atoms with Crippen molar-refractivity contribution < 1.29 is 18.3 Å². The maximum atomic E-state index is 13.6. The average molecular weight is 906 g/mol. The fourth-order valence-corrected chi connectivity index (χ4v) is 6.67. The Bertz CT molecular complexity index is 2230. The molecule has 0 aliphatic rings. The zero-order chi connectivity index (χ0) is 40.2. The standard InChI is InChI=1S/C18H18ClFN4O.C16H15ClFIN4.C6H12O/c1-4-23-10-13(18(19)22-23)8-15-7-11(2)21-24(15)17-6-5-14(20)9-16(17)12(3)25;1-3-22-9-11(16(17)21-22)7-13-6-10(2)20-23(13)15-5-4-12(18)8-14(15)19;1-3-5-6-7-4-2/h5-7,9-10H,4,8H2,1-3H3;4-6,8-9H,3,7H2,1-2H3;4H,2-3,5-6H2,1H3. The number of carbonyl (C=O) groups excluding carboxylic acids is 1. The molecular weight excluding hydrogens is 860 g/mol. The number of hydrogen-bond donors (Lipinski definition) is 0. The highest BCUT2D eigenvalue weighted by Crippen LogP contribution is 2.25. The minimum absolute atomic E-state index is 0.217. The van der Waals surface area contributed by atoms with Crippen LogP contribution in [0.2, 0.25) is 10.3 Å². The summed E-state index contributed by atoms with van der Waals surface area (Å²) >= 11 is 14.6. The molecular formula is C40H45Cl2F2IN8O2. The fraction of sp³-hybridized carbons (Fsp3) is 0.325. The van der Waals surface area contributed by atoms with E-state index in [1.807, 2.05) is 61.6 Å². The van der Waals surface area contributed by atoms with Crippen LogP contribution in [0.15, 0.2) is 73.8 Å². The van der Waals surface area contributed by atoms with E-state index in [-0.39, 0.29) is 11.6 Å². The molecule has 0 fully saturated rings. The average Bonchev–Trinajstić information content (AvgIpc) is 3.91. The molecule has 0 atom stereocenters. The first-order valence-corrected chi connectivity index (χ1v) is 19.6. The fourth-order valence-electron chi connectivity index (χ4n) is 5.54. The van der Waals surface area contributed by atoms with Crippen molar-refractivity contribution in [1.29, 1.82) is 0 Å². The van der Waals surface area contributed by atoms with Crippen molar-refractivity contribution in [1.82, 2.24) is 39.1 Å². The van der Waals surface area contributed by atoms with Crippen LogP contribution < -0.4 is 0 Å². The van der Waals surface area contributed by atoms with Crippen LogP contribution in [0.25, 0.3) is 11.4 Å². The topological polar surface area (TPSA) is 97.6 Å². The third kappa shape index (κ3) is 11.8. The molecule has 10 nitrogen and oxygen atoms in total. The smallest absolute Gasteiger partial charge is 0.162 e. The zero-order valence-electron chi connectivity index (χ0n) is 31.8. The van der Waals surface area contributed by atoms with Crippen molar-refractivity contribution in [3.05, 3.63) is 139 Å². The van der Waals surface area contributed by atoms with E-state index < -0.39 is 5.82 Å². The number of benzene rings is 2. The molecule has 0 radical (unpaired) electrons. The second kappa shape index (κ2) is 20.5. The number of rotatable bonds is 13. The summed E-state index contributed by atoms with van der Waals surface area (Å²) in [5.74, 6) is -0.923. The van der Waals surface area contributed by atoms with Gasteiger partial charge in [-0.3, -0.25) is 14.2 Å². The number of nitrogens with zero attached hydrogens (tertiary/aromatic N) is 8. The largest absolute Gasteiger partial charge is 0.502 e. The molecule has 6 rings (SSSR count). The monoisotopic (exact) mass is 904 g/mol. The first kappa shape index (κ1) is 43.4. The summed E-state index contributed by atoms with van der Waals surface area (Å²) in [4.78, 5) is 11.9. The lowest BCUT2D eigenvalue weighted by Gasteiger charge is -2.11. The van der Waals surface area contributed by atoms with Gasteiger partial charge in [-0.15, -0.1) is 0 Å². The number of ether oxygens (including phenoxy) is 1. The van der Waals surface area contributed by atoms with Gasteiger partial charge in [0.25, 0.3) is 0 Å². The lowest BCUT2D eigenvalue weighted by molar-refractivity contribution is 0.101. The van der Waals surface area contributed by atoms with Gasteiger partial charge in [0.2, 0.25) is 0 Å². The van der Waals surface area contributed by atoms with E-state index in [1.165, 1.54) is 43.9 Å². The van der Waals surface area contributed by atoms with Crippen LogP contribution in [0.5, 0.6) is 0 Å². The highest BCUT2D eigenvalue weighted by Gasteiger charge is 2.18. The van der Waals surface area contributed by atoms with Crippen LogP contribution >= 0.6 is 45.8 Å². The highest BCUT2D eigenvalue weighted by molar-refractivity contribution is 14.1. The summed E-state index contributed by atoms with van der Waals surface area (Å²) in [5, 5.41) is 18.5. The van der Waals surface area contributed by atoms with E-state index in [1.54, 1.807) is 21.5 Å². The molecule has 0 aliphatic heterocycles. The van der Waals surface area contributed by atoms with Crippen molar-refractivity contribution in [3.63, 3.8) is 0 Å². The van der Waals surface area contributed by atoms with Gasteiger partial charge in [0, 0.05) is 70.0 Å². The van der Waals surface area contributed by atoms with Crippen molar-refractivity contribution in [3.8, 4) is 11.4 Å². The molecule has 0 saturated carbocycles. The summed E-state index contributed by atoms with van der Waals surface area (Å²) in [6.45, 7) is 17.1. The summed E-state index contributed by atoms with van der Waals surface area (Å²) in [6, 6.07) is 12.7. The zero-order valence-corrected chi connectivity index (χ0v) is 35.5. The Hall–Kier alpha value is -4.34. The second-order valence-electron chi connectivity index (χ2n) is 12.5. The van der Waals surface area contributed by atoms with E-state index in [9.17, 15) is 13.6 Å². The molecule has 15 heteroatoms. The van der Waals surface area contributed by atoms with Crippen molar-refractivity contribution in [2.45, 2.75) is 80.3 Å². The molecule has 0 unspecified atom stereocenters. The SMILES string of the molecule is C=COCCCC.CCn1cc(Cc2cc(C)nn2-c2ccc(F)cc2C(C)=O)c(Cl)n1.CCn1cc(Cc2cc(C)nn2-c2ccc(F)cc2I)c(Cl)n1. The normalized spacial score (nSPS) is 10.7. The van der Waals surface area contributed by atoms with Crippen molar-refractivity contribution >= 4 is 51.6 Å². The first-order chi connectivity index (χ1) is 26.3. The van der Waals surface area contributed by atoms with Crippen LogP contribution in [-0.2, 0) is 30.7 Å². The highest BCUT2D eigenvalue weighted by atomic mass is 127. The maximum absolute atomic E-state index is 13.6. The van der Waals surface area contributed by atoms with E-state index in [2.05, 4.69) is 56.5 Å². The Morgan fingerprint density at radius 2 is 1.29 bits per heavy atom. The molecule has 4 heterocycles. The van der Waals surface area contributed by atoms with Gasteiger partial charge < -0.3 is 4.74 Å². The minimum Gasteiger partial charge on any atom is -0.502 e. The molecule has 0 N–H and O–H groups in total.